The number of hydrogen-bond acceptors (Lipinski definition) is 5. The van der Waals surface area contributed by atoms with Gasteiger partial charge in [-0.1, -0.05) is 0 Å². The molecule has 1 aliphatic rings. The highest BCUT2D eigenvalue weighted by molar-refractivity contribution is 5.54. The van der Waals surface area contributed by atoms with Gasteiger partial charge in [0, 0.05) is 18.7 Å². The third kappa shape index (κ3) is 2.62. The predicted octanol–water partition coefficient (Wildman–Crippen LogP) is 1.28. The monoisotopic (exact) mass is 267 g/mol. The quantitative estimate of drug-likeness (QED) is 0.860. The van der Waals surface area contributed by atoms with Crippen LogP contribution >= 0.6 is 0 Å². The van der Waals surface area contributed by atoms with Crippen LogP contribution in [-0.4, -0.2) is 39.5 Å². The molecule has 5 heteroatoms. The molecule has 1 aliphatic heterocycles. The predicted molar refractivity (Wildman–Crippen MR) is 72.1 cm³/mol. The van der Waals surface area contributed by atoms with E-state index in [-0.39, 0.29) is 0 Å². The lowest BCUT2D eigenvalue weighted by molar-refractivity contribution is 0.00807. The number of benzene rings is 1. The van der Waals surface area contributed by atoms with Crippen molar-refractivity contribution in [2.75, 3.05) is 34.4 Å². The maximum absolute atomic E-state index is 10.9. The summed E-state index contributed by atoms with van der Waals surface area (Å²) in [4.78, 5) is 0. The maximum Gasteiger partial charge on any atom is 0.132 e. The van der Waals surface area contributed by atoms with Gasteiger partial charge in [-0.05, 0) is 19.4 Å². The first-order valence-corrected chi connectivity index (χ1v) is 6.38. The Kier molecular flexibility index (Phi) is 4.17. The second-order valence-corrected chi connectivity index (χ2v) is 4.72. The normalized spacial score (nSPS) is 22.9. The van der Waals surface area contributed by atoms with Crippen molar-refractivity contribution in [3.8, 4) is 17.2 Å². The van der Waals surface area contributed by atoms with E-state index >= 15 is 0 Å². The number of β-amino-alcohol motifs (C(OH)–C–C–N with tert-alkyl or cyclic N) is 1. The van der Waals surface area contributed by atoms with Gasteiger partial charge in [-0.25, -0.2) is 0 Å². The largest absolute Gasteiger partial charge is 0.496 e. The fourth-order valence-corrected chi connectivity index (χ4v) is 2.57. The molecule has 1 aromatic rings. The van der Waals surface area contributed by atoms with Crippen LogP contribution in [0.15, 0.2) is 12.1 Å². The first-order chi connectivity index (χ1) is 9.14. The van der Waals surface area contributed by atoms with Crippen molar-refractivity contribution in [2.24, 2.45) is 0 Å². The standard InChI is InChI=1S/C14H21NO4/c1-17-10-7-11(18-2)13(12(8-10)19-3)14(16)5-4-6-15-9-14/h7-8,15-16H,4-6,9H2,1-3H3. The van der Waals surface area contributed by atoms with Gasteiger partial charge in [0.25, 0.3) is 0 Å². The zero-order valence-electron chi connectivity index (χ0n) is 11.7. The van der Waals surface area contributed by atoms with Gasteiger partial charge in [0.15, 0.2) is 0 Å². The molecular weight excluding hydrogens is 246 g/mol. The number of rotatable bonds is 4. The van der Waals surface area contributed by atoms with Crippen LogP contribution in [0.4, 0.5) is 0 Å². The molecule has 19 heavy (non-hydrogen) atoms. The van der Waals surface area contributed by atoms with E-state index in [1.54, 1.807) is 33.5 Å². The van der Waals surface area contributed by atoms with E-state index in [4.69, 9.17) is 14.2 Å². The lowest BCUT2D eigenvalue weighted by Crippen LogP contribution is -2.43. The third-order valence-electron chi connectivity index (χ3n) is 3.54. The summed E-state index contributed by atoms with van der Waals surface area (Å²) < 4.78 is 16.0. The van der Waals surface area contributed by atoms with E-state index in [0.29, 0.717) is 35.8 Å². The highest BCUT2D eigenvalue weighted by Gasteiger charge is 2.37. The molecule has 106 valence electrons. The smallest absolute Gasteiger partial charge is 0.132 e. The van der Waals surface area contributed by atoms with Crippen LogP contribution in [0.2, 0.25) is 0 Å². The van der Waals surface area contributed by atoms with Crippen LogP contribution in [0.25, 0.3) is 0 Å². The van der Waals surface area contributed by atoms with Crippen LogP contribution in [0, 0.1) is 0 Å². The van der Waals surface area contributed by atoms with E-state index < -0.39 is 5.60 Å². The summed E-state index contributed by atoms with van der Waals surface area (Å²) in [7, 11) is 4.75. The molecule has 5 nitrogen and oxygen atoms in total. The molecule has 2 N–H and O–H groups in total. The second kappa shape index (κ2) is 5.67. The Morgan fingerprint density at radius 3 is 2.16 bits per heavy atom. The van der Waals surface area contributed by atoms with Crippen LogP contribution in [0.1, 0.15) is 18.4 Å². The molecule has 0 bridgehead atoms. The van der Waals surface area contributed by atoms with Crippen LogP contribution < -0.4 is 19.5 Å². The van der Waals surface area contributed by atoms with Gasteiger partial charge in [0.05, 0.1) is 26.9 Å². The average Bonchev–Trinajstić information content (AvgIpc) is 2.46. The Bertz CT molecular complexity index is 416. The fourth-order valence-electron chi connectivity index (χ4n) is 2.57. The molecule has 1 aromatic carbocycles. The number of piperidine rings is 1. The van der Waals surface area contributed by atoms with Gasteiger partial charge in [0.1, 0.15) is 22.8 Å². The third-order valence-corrected chi connectivity index (χ3v) is 3.54. The average molecular weight is 267 g/mol. The minimum Gasteiger partial charge on any atom is -0.496 e. The Hall–Kier alpha value is -1.46. The molecule has 0 aliphatic carbocycles. The Balaban J connectivity index is 2.53. The van der Waals surface area contributed by atoms with E-state index in [2.05, 4.69) is 5.32 Å². The molecule has 1 fully saturated rings. The van der Waals surface area contributed by atoms with E-state index in [1.165, 1.54) is 0 Å². The Labute approximate surface area is 113 Å². The van der Waals surface area contributed by atoms with Crippen LogP contribution in [-0.2, 0) is 5.60 Å². The zero-order chi connectivity index (χ0) is 13.9. The summed E-state index contributed by atoms with van der Waals surface area (Å²) in [5.41, 5.74) is -0.285. The van der Waals surface area contributed by atoms with Gasteiger partial charge in [0.2, 0.25) is 0 Å². The van der Waals surface area contributed by atoms with Crippen molar-refractivity contribution in [2.45, 2.75) is 18.4 Å². The summed E-state index contributed by atoms with van der Waals surface area (Å²) in [6.45, 7) is 1.41. The SMILES string of the molecule is COc1cc(OC)c(C2(O)CCCNC2)c(OC)c1. The lowest BCUT2D eigenvalue weighted by atomic mass is 9.85. The fraction of sp³-hybridized carbons (Fsp3) is 0.571. The minimum absolute atomic E-state index is 0.492. The lowest BCUT2D eigenvalue weighted by Gasteiger charge is -2.35. The Morgan fingerprint density at radius 1 is 1.11 bits per heavy atom. The molecule has 1 atom stereocenters. The topological polar surface area (TPSA) is 60.0 Å². The number of ether oxygens (including phenoxy) is 3. The van der Waals surface area contributed by atoms with Gasteiger partial charge in [-0.3, -0.25) is 0 Å². The van der Waals surface area contributed by atoms with Crippen molar-refractivity contribution in [1.82, 2.24) is 5.32 Å². The highest BCUT2D eigenvalue weighted by atomic mass is 16.5. The summed E-state index contributed by atoms with van der Waals surface area (Å²) in [5.74, 6) is 1.81. The molecular formula is C14H21NO4. The summed E-state index contributed by atoms with van der Waals surface area (Å²) in [6, 6.07) is 3.54. The van der Waals surface area contributed by atoms with Gasteiger partial charge >= 0.3 is 0 Å². The van der Waals surface area contributed by atoms with Crippen molar-refractivity contribution < 1.29 is 19.3 Å². The van der Waals surface area contributed by atoms with Crippen molar-refractivity contribution in [3.05, 3.63) is 17.7 Å². The van der Waals surface area contributed by atoms with Crippen molar-refractivity contribution in [1.29, 1.82) is 0 Å². The van der Waals surface area contributed by atoms with Crippen molar-refractivity contribution in [3.63, 3.8) is 0 Å². The molecule has 0 saturated carbocycles. The summed E-state index contributed by atoms with van der Waals surface area (Å²) in [5, 5.41) is 14.1. The first-order valence-electron chi connectivity index (χ1n) is 6.38. The zero-order valence-corrected chi connectivity index (χ0v) is 11.7. The molecule has 0 radical (unpaired) electrons. The maximum atomic E-state index is 10.9. The number of aliphatic hydroxyl groups is 1. The molecule has 0 spiro atoms. The first kappa shape index (κ1) is 14.0. The van der Waals surface area contributed by atoms with Gasteiger partial charge in [-0.2, -0.15) is 0 Å². The number of methoxy groups -OCH3 is 3. The molecule has 1 unspecified atom stereocenters. The van der Waals surface area contributed by atoms with E-state index in [0.717, 1.165) is 13.0 Å². The molecule has 1 heterocycles. The van der Waals surface area contributed by atoms with Crippen molar-refractivity contribution >= 4 is 0 Å². The van der Waals surface area contributed by atoms with Gasteiger partial charge in [-0.15, -0.1) is 0 Å². The Morgan fingerprint density at radius 2 is 1.74 bits per heavy atom. The molecule has 2 rings (SSSR count). The second-order valence-electron chi connectivity index (χ2n) is 4.72. The minimum atomic E-state index is -0.971. The highest BCUT2D eigenvalue weighted by Crippen LogP contribution is 2.43. The van der Waals surface area contributed by atoms with Gasteiger partial charge < -0.3 is 24.6 Å². The van der Waals surface area contributed by atoms with Crippen LogP contribution in [0.3, 0.4) is 0 Å². The van der Waals surface area contributed by atoms with Crippen LogP contribution in [0.5, 0.6) is 17.2 Å². The van der Waals surface area contributed by atoms with E-state index in [9.17, 15) is 5.11 Å². The molecule has 0 amide bonds. The summed E-state index contributed by atoms with van der Waals surface area (Å²) >= 11 is 0. The molecule has 1 saturated heterocycles. The molecule has 0 aromatic heterocycles. The number of hydrogen-bond donors (Lipinski definition) is 2. The van der Waals surface area contributed by atoms with E-state index in [1.807, 2.05) is 0 Å². The number of nitrogens with one attached hydrogen (secondary N) is 1. The summed E-state index contributed by atoms with van der Waals surface area (Å²) in [6.07, 6.45) is 1.59.